The third kappa shape index (κ3) is 2.08. The van der Waals surface area contributed by atoms with Gasteiger partial charge in [0.1, 0.15) is 0 Å². The van der Waals surface area contributed by atoms with Crippen LogP contribution in [0.5, 0.6) is 0 Å². The van der Waals surface area contributed by atoms with Crippen LogP contribution < -0.4 is 0 Å². The van der Waals surface area contributed by atoms with Crippen molar-refractivity contribution in [3.63, 3.8) is 0 Å². The van der Waals surface area contributed by atoms with Crippen LogP contribution in [0.25, 0.3) is 0 Å². The molecular weight excluding hydrogens is 298 g/mol. The predicted octanol–water partition coefficient (Wildman–Crippen LogP) is -0.840. The van der Waals surface area contributed by atoms with Gasteiger partial charge in [0.15, 0.2) is 5.54 Å². The molecule has 114 valence electrons. The van der Waals surface area contributed by atoms with E-state index in [0.717, 1.165) is 24.3 Å². The van der Waals surface area contributed by atoms with E-state index in [1.807, 2.05) is 0 Å². The predicted molar refractivity (Wildman–Crippen MR) is 67.4 cm³/mol. The van der Waals surface area contributed by atoms with Gasteiger partial charge in [0, 0.05) is 18.6 Å². The molecule has 2 aliphatic rings. The quantitative estimate of drug-likeness (QED) is 0.569. The molecule has 0 spiro atoms. The Morgan fingerprint density at radius 3 is 1.91 bits per heavy atom. The minimum absolute atomic E-state index is 0.396. The molecule has 2 amide bonds. The van der Waals surface area contributed by atoms with Gasteiger partial charge in [-0.2, -0.15) is 0 Å². The fourth-order valence-electron chi connectivity index (χ4n) is 2.33. The Balaban J connectivity index is 2.58. The number of hydrogen-bond donors (Lipinski definition) is 3. The molecule has 0 fully saturated rings. The molecule has 9 nitrogen and oxygen atoms in total. The molecule has 1 heterocycles. The van der Waals surface area contributed by atoms with E-state index in [1.54, 1.807) is 0 Å². The Morgan fingerprint density at radius 2 is 1.50 bits per heavy atom. The molecule has 1 aliphatic carbocycles. The van der Waals surface area contributed by atoms with Crippen LogP contribution in [0.3, 0.4) is 0 Å². The summed E-state index contributed by atoms with van der Waals surface area (Å²) in [7, 11) is 0. The van der Waals surface area contributed by atoms with Crippen molar-refractivity contribution in [2.45, 2.75) is 12.0 Å². The standard InChI is InChI=1S/C13H9NO8/c15-8-1-2-9(16)14(8)13(12(21)22)4-3-6(10(17)18)7(5-13)11(19)20/h1-4H,5H2,(H,17,18)(H,19,20)(H,21,22). The zero-order chi connectivity index (χ0) is 16.7. The Hall–Kier alpha value is -3.23. The number of rotatable bonds is 4. The molecule has 22 heavy (non-hydrogen) atoms. The summed E-state index contributed by atoms with van der Waals surface area (Å²) in [6, 6.07) is 0. The van der Waals surface area contributed by atoms with Crippen molar-refractivity contribution >= 4 is 29.7 Å². The molecule has 0 bridgehead atoms. The fraction of sp³-hybridized carbons (Fsp3) is 0.154. The lowest BCUT2D eigenvalue weighted by atomic mass is 9.81. The molecule has 1 aliphatic heterocycles. The van der Waals surface area contributed by atoms with Crippen LogP contribution >= 0.6 is 0 Å². The van der Waals surface area contributed by atoms with Gasteiger partial charge in [-0.15, -0.1) is 0 Å². The molecular formula is C13H9NO8. The first kappa shape index (κ1) is 15.2. The SMILES string of the molecule is O=C(O)C1=C(C(=O)O)CC(C(=O)O)(N2C(=O)C=CC2=O)C=C1. The summed E-state index contributed by atoms with van der Waals surface area (Å²) < 4.78 is 0. The molecule has 1 atom stereocenters. The summed E-state index contributed by atoms with van der Waals surface area (Å²) in [5, 5.41) is 27.5. The first-order valence-electron chi connectivity index (χ1n) is 5.89. The van der Waals surface area contributed by atoms with Crippen LogP contribution in [0.2, 0.25) is 0 Å². The number of carboxylic acids is 3. The molecule has 9 heteroatoms. The van der Waals surface area contributed by atoms with E-state index in [4.69, 9.17) is 10.2 Å². The molecule has 0 saturated heterocycles. The Labute approximate surface area is 122 Å². The molecule has 1 unspecified atom stereocenters. The van der Waals surface area contributed by atoms with E-state index >= 15 is 0 Å². The normalized spacial score (nSPS) is 24.1. The Kier molecular flexibility index (Phi) is 3.41. The number of hydrogen-bond acceptors (Lipinski definition) is 5. The van der Waals surface area contributed by atoms with Gasteiger partial charge in [-0.1, -0.05) is 0 Å². The van der Waals surface area contributed by atoms with Crippen molar-refractivity contribution in [1.82, 2.24) is 4.90 Å². The monoisotopic (exact) mass is 307 g/mol. The minimum atomic E-state index is -2.27. The third-order valence-corrected chi connectivity index (χ3v) is 3.36. The van der Waals surface area contributed by atoms with E-state index in [1.165, 1.54) is 0 Å². The first-order chi connectivity index (χ1) is 10.2. The average Bonchev–Trinajstić information content (AvgIpc) is 2.77. The zero-order valence-corrected chi connectivity index (χ0v) is 10.8. The van der Waals surface area contributed by atoms with E-state index in [2.05, 4.69) is 0 Å². The molecule has 0 saturated carbocycles. The summed E-state index contributed by atoms with van der Waals surface area (Å²) in [6.45, 7) is 0. The van der Waals surface area contributed by atoms with E-state index in [-0.39, 0.29) is 0 Å². The van der Waals surface area contributed by atoms with E-state index < -0.39 is 52.8 Å². The lowest BCUT2D eigenvalue weighted by Gasteiger charge is -2.36. The lowest BCUT2D eigenvalue weighted by Crippen LogP contribution is -2.57. The number of carbonyl (C=O) groups excluding carboxylic acids is 2. The average molecular weight is 307 g/mol. The van der Waals surface area contributed by atoms with Crippen LogP contribution in [0.1, 0.15) is 6.42 Å². The highest BCUT2D eigenvalue weighted by Gasteiger charge is 2.52. The van der Waals surface area contributed by atoms with Crippen LogP contribution in [-0.2, 0) is 24.0 Å². The maximum Gasteiger partial charge on any atom is 0.336 e. The second kappa shape index (κ2) is 4.95. The number of aliphatic carboxylic acids is 3. The first-order valence-corrected chi connectivity index (χ1v) is 5.89. The second-order valence-electron chi connectivity index (χ2n) is 4.59. The number of imide groups is 1. The topological polar surface area (TPSA) is 149 Å². The largest absolute Gasteiger partial charge is 0.479 e. The van der Waals surface area contributed by atoms with Crippen molar-refractivity contribution in [2.24, 2.45) is 0 Å². The van der Waals surface area contributed by atoms with Crippen LogP contribution in [0.15, 0.2) is 35.5 Å². The third-order valence-electron chi connectivity index (χ3n) is 3.36. The van der Waals surface area contributed by atoms with E-state index in [0.29, 0.717) is 4.90 Å². The second-order valence-corrected chi connectivity index (χ2v) is 4.59. The number of amides is 2. The van der Waals surface area contributed by atoms with Gasteiger partial charge >= 0.3 is 17.9 Å². The van der Waals surface area contributed by atoms with Gasteiger partial charge in [-0.25, -0.2) is 14.4 Å². The van der Waals surface area contributed by atoms with Crippen LogP contribution in [0.4, 0.5) is 0 Å². The summed E-state index contributed by atoms with van der Waals surface area (Å²) in [5.74, 6) is -6.66. The van der Waals surface area contributed by atoms with Crippen molar-refractivity contribution in [3.8, 4) is 0 Å². The summed E-state index contributed by atoms with van der Waals surface area (Å²) >= 11 is 0. The molecule has 0 aromatic heterocycles. The smallest absolute Gasteiger partial charge is 0.336 e. The minimum Gasteiger partial charge on any atom is -0.479 e. The summed E-state index contributed by atoms with van der Waals surface area (Å²) in [5.41, 5.74) is -3.58. The molecule has 0 aromatic rings. The van der Waals surface area contributed by atoms with Crippen molar-refractivity contribution < 1.29 is 39.3 Å². The van der Waals surface area contributed by atoms with Crippen LogP contribution in [-0.4, -0.2) is 55.5 Å². The van der Waals surface area contributed by atoms with Crippen LogP contribution in [0, 0.1) is 0 Å². The fourth-order valence-corrected chi connectivity index (χ4v) is 2.33. The molecule has 0 aromatic carbocycles. The maximum atomic E-state index is 11.7. The number of carboxylic acid groups (broad SMARTS) is 3. The van der Waals surface area contributed by atoms with Gasteiger partial charge in [0.25, 0.3) is 11.8 Å². The summed E-state index contributed by atoms with van der Waals surface area (Å²) in [6.07, 6.45) is 2.50. The van der Waals surface area contributed by atoms with Gasteiger partial charge in [0.2, 0.25) is 0 Å². The summed E-state index contributed by atoms with van der Waals surface area (Å²) in [4.78, 5) is 57.7. The van der Waals surface area contributed by atoms with Gasteiger partial charge in [0.05, 0.1) is 11.1 Å². The van der Waals surface area contributed by atoms with Crippen molar-refractivity contribution in [3.05, 3.63) is 35.5 Å². The zero-order valence-electron chi connectivity index (χ0n) is 10.8. The van der Waals surface area contributed by atoms with Gasteiger partial charge in [-0.05, 0) is 12.2 Å². The molecule has 2 rings (SSSR count). The Morgan fingerprint density at radius 1 is 0.955 bits per heavy atom. The number of carbonyl (C=O) groups is 5. The highest BCUT2D eigenvalue weighted by atomic mass is 16.4. The van der Waals surface area contributed by atoms with Gasteiger partial charge in [-0.3, -0.25) is 14.5 Å². The lowest BCUT2D eigenvalue weighted by molar-refractivity contribution is -0.159. The highest BCUT2D eigenvalue weighted by Crippen LogP contribution is 2.35. The van der Waals surface area contributed by atoms with Gasteiger partial charge < -0.3 is 15.3 Å². The molecule has 0 radical (unpaired) electrons. The Bertz CT molecular complexity index is 696. The number of nitrogens with zero attached hydrogens (tertiary/aromatic N) is 1. The van der Waals surface area contributed by atoms with E-state index in [9.17, 15) is 29.1 Å². The molecule has 3 N–H and O–H groups in total. The van der Waals surface area contributed by atoms with Crippen molar-refractivity contribution in [1.29, 1.82) is 0 Å². The maximum absolute atomic E-state index is 11.7. The highest BCUT2D eigenvalue weighted by molar-refractivity contribution is 6.16. The van der Waals surface area contributed by atoms with Crippen molar-refractivity contribution in [2.75, 3.05) is 0 Å².